The molecule has 0 aliphatic heterocycles. The first kappa shape index (κ1) is 19.5. The maximum atomic E-state index is 12.3. The van der Waals surface area contributed by atoms with Crippen LogP contribution in [0.3, 0.4) is 0 Å². The van der Waals surface area contributed by atoms with Crippen molar-refractivity contribution in [3.8, 4) is 0 Å². The molecule has 3 N–H and O–H groups in total. The van der Waals surface area contributed by atoms with E-state index in [-0.39, 0.29) is 23.3 Å². The summed E-state index contributed by atoms with van der Waals surface area (Å²) >= 11 is 6.20. The van der Waals surface area contributed by atoms with Gasteiger partial charge in [-0.2, -0.15) is 0 Å². The van der Waals surface area contributed by atoms with Crippen LogP contribution in [0, 0.1) is 5.92 Å². The van der Waals surface area contributed by atoms with Gasteiger partial charge in [0.15, 0.2) is 0 Å². The summed E-state index contributed by atoms with van der Waals surface area (Å²) in [6.07, 6.45) is 0.813. The normalized spacial score (nSPS) is 12.6. The summed E-state index contributed by atoms with van der Waals surface area (Å²) in [6, 6.07) is 4.91. The third kappa shape index (κ3) is 5.84. The minimum atomic E-state index is -0.296. The van der Waals surface area contributed by atoms with E-state index in [4.69, 9.17) is 11.6 Å². The van der Waals surface area contributed by atoms with Crippen molar-refractivity contribution < 1.29 is 9.59 Å². The zero-order valence-electron chi connectivity index (χ0n) is 14.4. The van der Waals surface area contributed by atoms with Crippen molar-refractivity contribution in [1.82, 2.24) is 10.6 Å². The number of rotatable bonds is 7. The second-order valence-electron chi connectivity index (χ2n) is 6.33. The maximum Gasteiger partial charge on any atom is 0.253 e. The molecule has 6 heteroatoms. The smallest absolute Gasteiger partial charge is 0.253 e. The van der Waals surface area contributed by atoms with Crippen molar-refractivity contribution in [3.05, 3.63) is 28.8 Å². The summed E-state index contributed by atoms with van der Waals surface area (Å²) in [5, 5.41) is 9.01. The maximum absolute atomic E-state index is 12.3. The van der Waals surface area contributed by atoms with Crippen molar-refractivity contribution in [2.75, 3.05) is 18.9 Å². The Morgan fingerprint density at radius 2 is 1.96 bits per heavy atom. The topological polar surface area (TPSA) is 70.2 Å². The molecule has 0 heterocycles. The average Bonchev–Trinajstić information content (AvgIpc) is 2.47. The quantitative estimate of drug-likeness (QED) is 0.715. The highest BCUT2D eigenvalue weighted by Gasteiger charge is 2.21. The third-order valence-corrected chi connectivity index (χ3v) is 4.09. The van der Waals surface area contributed by atoms with Crippen molar-refractivity contribution >= 4 is 29.1 Å². The molecule has 0 saturated heterocycles. The summed E-state index contributed by atoms with van der Waals surface area (Å²) in [4.78, 5) is 24.3. The lowest BCUT2D eigenvalue weighted by atomic mass is 10.0. The lowest BCUT2D eigenvalue weighted by molar-refractivity contribution is -0.119. The van der Waals surface area contributed by atoms with Crippen LogP contribution in [0.4, 0.5) is 5.69 Å². The standard InChI is InChI=1S/C17H26ClN3O2/c1-6-17(3,4)21-16(23)13-8-7-12(9-14(13)18)20-15(22)11(2)10-19-5/h7-9,11,19H,6,10H2,1-5H3,(H,20,22)(H,21,23). The number of hydrogen-bond acceptors (Lipinski definition) is 3. The van der Waals surface area contributed by atoms with Gasteiger partial charge in [0.25, 0.3) is 5.91 Å². The molecular weight excluding hydrogens is 314 g/mol. The van der Waals surface area contributed by atoms with Crippen LogP contribution in [0.1, 0.15) is 44.5 Å². The first-order valence-corrected chi connectivity index (χ1v) is 8.15. The Labute approximate surface area is 143 Å². The largest absolute Gasteiger partial charge is 0.347 e. The molecule has 0 aliphatic carbocycles. The molecule has 128 valence electrons. The van der Waals surface area contributed by atoms with E-state index in [1.54, 1.807) is 25.2 Å². The minimum absolute atomic E-state index is 0.0975. The van der Waals surface area contributed by atoms with E-state index in [9.17, 15) is 9.59 Å². The fraction of sp³-hybridized carbons (Fsp3) is 0.529. The van der Waals surface area contributed by atoms with Gasteiger partial charge in [0.2, 0.25) is 5.91 Å². The van der Waals surface area contributed by atoms with Gasteiger partial charge in [-0.15, -0.1) is 0 Å². The summed E-state index contributed by atoms with van der Waals surface area (Å²) < 4.78 is 0. The molecule has 1 aromatic rings. The van der Waals surface area contributed by atoms with Crippen LogP contribution in [-0.2, 0) is 4.79 Å². The molecule has 0 saturated carbocycles. The van der Waals surface area contributed by atoms with E-state index in [0.717, 1.165) is 6.42 Å². The van der Waals surface area contributed by atoms with Crippen LogP contribution in [0.5, 0.6) is 0 Å². The van der Waals surface area contributed by atoms with Crippen molar-refractivity contribution in [2.45, 2.75) is 39.7 Å². The summed E-state index contributed by atoms with van der Waals surface area (Å²) in [6.45, 7) is 8.34. The molecule has 1 rings (SSSR count). The zero-order chi connectivity index (χ0) is 17.6. The first-order valence-electron chi connectivity index (χ1n) is 7.77. The third-order valence-electron chi connectivity index (χ3n) is 3.77. The number of nitrogens with one attached hydrogen (secondary N) is 3. The van der Waals surface area contributed by atoms with E-state index in [2.05, 4.69) is 16.0 Å². The second kappa shape index (κ2) is 8.31. The van der Waals surface area contributed by atoms with Gasteiger partial charge in [-0.1, -0.05) is 25.4 Å². The molecule has 23 heavy (non-hydrogen) atoms. The van der Waals surface area contributed by atoms with Gasteiger partial charge in [-0.05, 0) is 45.5 Å². The Balaban J connectivity index is 2.82. The molecule has 0 bridgehead atoms. The fourth-order valence-corrected chi connectivity index (χ4v) is 2.17. The summed E-state index contributed by atoms with van der Waals surface area (Å²) in [5.41, 5.74) is 0.680. The number of carbonyl (C=O) groups is 2. The SMILES string of the molecule is CCC(C)(C)NC(=O)c1ccc(NC(=O)C(C)CNC)cc1Cl. The van der Waals surface area contributed by atoms with E-state index in [1.165, 1.54) is 0 Å². The molecule has 2 amide bonds. The number of carbonyl (C=O) groups excluding carboxylic acids is 2. The van der Waals surface area contributed by atoms with Crippen LogP contribution in [0.15, 0.2) is 18.2 Å². The van der Waals surface area contributed by atoms with Crippen LogP contribution in [0.25, 0.3) is 0 Å². The van der Waals surface area contributed by atoms with Gasteiger partial charge < -0.3 is 16.0 Å². The lowest BCUT2D eigenvalue weighted by Gasteiger charge is -2.24. The number of amides is 2. The van der Waals surface area contributed by atoms with Crippen LogP contribution in [0.2, 0.25) is 5.02 Å². The molecule has 0 fully saturated rings. The number of anilines is 1. The second-order valence-corrected chi connectivity index (χ2v) is 6.74. The van der Waals surface area contributed by atoms with E-state index in [0.29, 0.717) is 22.8 Å². The highest BCUT2D eigenvalue weighted by atomic mass is 35.5. The van der Waals surface area contributed by atoms with E-state index in [1.807, 2.05) is 27.7 Å². The predicted molar refractivity (Wildman–Crippen MR) is 95.0 cm³/mol. The first-order chi connectivity index (χ1) is 10.7. The van der Waals surface area contributed by atoms with Gasteiger partial charge in [-0.25, -0.2) is 0 Å². The van der Waals surface area contributed by atoms with Crippen molar-refractivity contribution in [3.63, 3.8) is 0 Å². The van der Waals surface area contributed by atoms with Gasteiger partial charge in [0, 0.05) is 23.7 Å². The molecule has 0 aliphatic rings. The Bertz CT molecular complexity index is 573. The molecule has 1 aromatic carbocycles. The zero-order valence-corrected chi connectivity index (χ0v) is 15.2. The Morgan fingerprint density at radius 1 is 1.30 bits per heavy atom. The number of benzene rings is 1. The van der Waals surface area contributed by atoms with Gasteiger partial charge in [0.1, 0.15) is 0 Å². The molecule has 1 unspecified atom stereocenters. The lowest BCUT2D eigenvalue weighted by Crippen LogP contribution is -2.42. The molecule has 0 spiro atoms. The average molecular weight is 340 g/mol. The molecule has 1 atom stereocenters. The summed E-state index contributed by atoms with van der Waals surface area (Å²) in [5.74, 6) is -0.477. The molecule has 0 aromatic heterocycles. The molecule has 5 nitrogen and oxygen atoms in total. The predicted octanol–water partition coefficient (Wildman–Crippen LogP) is 3.05. The minimum Gasteiger partial charge on any atom is -0.347 e. The van der Waals surface area contributed by atoms with Gasteiger partial charge in [-0.3, -0.25) is 9.59 Å². The Kier molecular flexibility index (Phi) is 7.03. The van der Waals surface area contributed by atoms with Gasteiger partial charge in [0.05, 0.1) is 10.6 Å². The highest BCUT2D eigenvalue weighted by Crippen LogP contribution is 2.22. The van der Waals surface area contributed by atoms with Crippen molar-refractivity contribution in [1.29, 1.82) is 0 Å². The van der Waals surface area contributed by atoms with E-state index >= 15 is 0 Å². The highest BCUT2D eigenvalue weighted by molar-refractivity contribution is 6.34. The van der Waals surface area contributed by atoms with Crippen LogP contribution in [-0.4, -0.2) is 30.9 Å². The molecule has 0 radical (unpaired) electrons. The molecular formula is C17H26ClN3O2. The number of halogens is 1. The van der Waals surface area contributed by atoms with Crippen LogP contribution < -0.4 is 16.0 Å². The summed E-state index contributed by atoms with van der Waals surface area (Å²) in [7, 11) is 1.80. The van der Waals surface area contributed by atoms with Crippen LogP contribution >= 0.6 is 11.6 Å². The van der Waals surface area contributed by atoms with E-state index < -0.39 is 0 Å². The number of hydrogen-bond donors (Lipinski definition) is 3. The Hall–Kier alpha value is -1.59. The van der Waals surface area contributed by atoms with Crippen molar-refractivity contribution in [2.24, 2.45) is 5.92 Å². The monoisotopic (exact) mass is 339 g/mol. The Morgan fingerprint density at radius 3 is 2.48 bits per heavy atom. The van der Waals surface area contributed by atoms with Gasteiger partial charge >= 0.3 is 0 Å². The fourth-order valence-electron chi connectivity index (χ4n) is 1.90.